The van der Waals surface area contributed by atoms with E-state index in [1.54, 1.807) is 23.1 Å². The van der Waals surface area contributed by atoms with Gasteiger partial charge in [-0.2, -0.15) is 0 Å². The zero-order valence-electron chi connectivity index (χ0n) is 13.6. The van der Waals surface area contributed by atoms with Gasteiger partial charge in [-0.15, -0.1) is 0 Å². The number of amides is 2. The number of benzene rings is 2. The van der Waals surface area contributed by atoms with Gasteiger partial charge in [0.1, 0.15) is 11.5 Å². The minimum atomic E-state index is -0.493. The molecule has 2 aromatic rings. The molecule has 6 nitrogen and oxygen atoms in total. The van der Waals surface area contributed by atoms with Gasteiger partial charge in [0, 0.05) is 29.7 Å². The fourth-order valence-corrected chi connectivity index (χ4v) is 2.94. The standard InChI is InChI=1S/C18H17ClN2O4/c1-25-16-10-12(5-6-14(16)21-8-2-3-17(21)23)20-18(24)13-9-11(19)4-7-15(13)22/h4-7,9-10,22H,2-3,8H2,1H3,(H,20,24). The number of ether oxygens (including phenoxy) is 1. The average molecular weight is 361 g/mol. The molecule has 0 saturated carbocycles. The second-order valence-electron chi connectivity index (χ2n) is 5.65. The predicted molar refractivity (Wildman–Crippen MR) is 95.7 cm³/mol. The third kappa shape index (κ3) is 3.53. The summed E-state index contributed by atoms with van der Waals surface area (Å²) < 4.78 is 5.36. The van der Waals surface area contributed by atoms with Crippen LogP contribution in [-0.4, -0.2) is 30.6 Å². The van der Waals surface area contributed by atoms with Gasteiger partial charge >= 0.3 is 0 Å². The van der Waals surface area contributed by atoms with Crippen LogP contribution in [0.2, 0.25) is 5.02 Å². The Labute approximate surface area is 150 Å². The second kappa shape index (κ2) is 7.03. The number of phenols is 1. The minimum Gasteiger partial charge on any atom is -0.507 e. The van der Waals surface area contributed by atoms with Gasteiger partial charge in [0.25, 0.3) is 5.91 Å². The molecule has 130 valence electrons. The summed E-state index contributed by atoms with van der Waals surface area (Å²) in [5.74, 6) is -0.109. The molecule has 1 saturated heterocycles. The summed E-state index contributed by atoms with van der Waals surface area (Å²) in [7, 11) is 1.51. The molecule has 0 spiro atoms. The van der Waals surface area contributed by atoms with Gasteiger partial charge in [-0.25, -0.2) is 0 Å². The lowest BCUT2D eigenvalue weighted by molar-refractivity contribution is -0.117. The quantitative estimate of drug-likeness (QED) is 0.875. The van der Waals surface area contributed by atoms with Crippen molar-refractivity contribution in [3.8, 4) is 11.5 Å². The van der Waals surface area contributed by atoms with Gasteiger partial charge in [0.15, 0.2) is 0 Å². The van der Waals surface area contributed by atoms with Crippen LogP contribution in [0, 0.1) is 0 Å². The first-order chi connectivity index (χ1) is 12.0. The van der Waals surface area contributed by atoms with E-state index in [-0.39, 0.29) is 17.2 Å². The molecular weight excluding hydrogens is 344 g/mol. The number of nitrogens with one attached hydrogen (secondary N) is 1. The molecule has 2 amide bonds. The van der Waals surface area contributed by atoms with E-state index < -0.39 is 5.91 Å². The highest BCUT2D eigenvalue weighted by molar-refractivity contribution is 6.31. The van der Waals surface area contributed by atoms with E-state index >= 15 is 0 Å². The molecule has 0 radical (unpaired) electrons. The number of halogens is 1. The number of nitrogens with zero attached hydrogens (tertiary/aromatic N) is 1. The van der Waals surface area contributed by atoms with Crippen molar-refractivity contribution in [3.63, 3.8) is 0 Å². The highest BCUT2D eigenvalue weighted by Crippen LogP contribution is 2.34. The fourth-order valence-electron chi connectivity index (χ4n) is 2.77. The lowest BCUT2D eigenvalue weighted by Gasteiger charge is -2.19. The van der Waals surface area contributed by atoms with Crippen molar-refractivity contribution >= 4 is 34.8 Å². The normalized spacial score (nSPS) is 13.8. The van der Waals surface area contributed by atoms with Crippen molar-refractivity contribution in [1.82, 2.24) is 0 Å². The summed E-state index contributed by atoms with van der Waals surface area (Å²) in [5, 5.41) is 12.9. The van der Waals surface area contributed by atoms with E-state index in [2.05, 4.69) is 5.32 Å². The molecule has 3 rings (SSSR count). The summed E-state index contributed by atoms with van der Waals surface area (Å²) in [4.78, 5) is 25.9. The van der Waals surface area contributed by atoms with Crippen LogP contribution in [0.3, 0.4) is 0 Å². The lowest BCUT2D eigenvalue weighted by atomic mass is 10.1. The number of rotatable bonds is 4. The summed E-state index contributed by atoms with van der Waals surface area (Å²) in [6.45, 7) is 0.650. The third-order valence-corrected chi connectivity index (χ3v) is 4.24. The van der Waals surface area contributed by atoms with Crippen molar-refractivity contribution < 1.29 is 19.4 Å². The number of carbonyl (C=O) groups is 2. The second-order valence-corrected chi connectivity index (χ2v) is 6.09. The maximum Gasteiger partial charge on any atom is 0.259 e. The molecule has 1 aliphatic heterocycles. The van der Waals surface area contributed by atoms with E-state index in [1.165, 1.54) is 25.3 Å². The fraction of sp³-hybridized carbons (Fsp3) is 0.222. The number of anilines is 2. The van der Waals surface area contributed by atoms with Crippen LogP contribution >= 0.6 is 11.6 Å². The van der Waals surface area contributed by atoms with E-state index in [0.29, 0.717) is 35.1 Å². The Balaban J connectivity index is 1.85. The summed E-state index contributed by atoms with van der Waals surface area (Å²) in [5.41, 5.74) is 1.23. The molecule has 0 bridgehead atoms. The molecule has 2 N–H and O–H groups in total. The molecular formula is C18H17ClN2O4. The molecule has 2 aromatic carbocycles. The Morgan fingerprint density at radius 3 is 2.76 bits per heavy atom. The van der Waals surface area contributed by atoms with Gasteiger partial charge in [-0.3, -0.25) is 9.59 Å². The molecule has 25 heavy (non-hydrogen) atoms. The number of carbonyl (C=O) groups excluding carboxylic acids is 2. The van der Waals surface area contributed by atoms with Crippen LogP contribution in [0.15, 0.2) is 36.4 Å². The monoisotopic (exact) mass is 360 g/mol. The van der Waals surface area contributed by atoms with Crippen LogP contribution in [0.1, 0.15) is 23.2 Å². The number of hydrogen-bond acceptors (Lipinski definition) is 4. The van der Waals surface area contributed by atoms with Crippen LogP contribution < -0.4 is 15.0 Å². The van der Waals surface area contributed by atoms with Gasteiger partial charge in [0.2, 0.25) is 5.91 Å². The Hall–Kier alpha value is -2.73. The van der Waals surface area contributed by atoms with E-state index in [9.17, 15) is 14.7 Å². The number of methoxy groups -OCH3 is 1. The molecule has 0 unspecified atom stereocenters. The van der Waals surface area contributed by atoms with Gasteiger partial charge < -0.3 is 20.1 Å². The highest BCUT2D eigenvalue weighted by Gasteiger charge is 2.24. The summed E-state index contributed by atoms with van der Waals surface area (Å²) >= 11 is 5.87. The van der Waals surface area contributed by atoms with Crippen LogP contribution in [0.25, 0.3) is 0 Å². The molecule has 1 fully saturated rings. The lowest BCUT2D eigenvalue weighted by Crippen LogP contribution is -2.24. The molecule has 0 aliphatic carbocycles. The largest absolute Gasteiger partial charge is 0.507 e. The van der Waals surface area contributed by atoms with Crippen molar-refractivity contribution in [3.05, 3.63) is 47.0 Å². The molecule has 0 aromatic heterocycles. The number of phenolic OH excluding ortho intramolecular Hbond substituents is 1. The SMILES string of the molecule is COc1cc(NC(=O)c2cc(Cl)ccc2O)ccc1N1CCCC1=O. The van der Waals surface area contributed by atoms with Crippen molar-refractivity contribution in [2.75, 3.05) is 23.9 Å². The molecule has 0 atom stereocenters. The first-order valence-electron chi connectivity index (χ1n) is 7.78. The summed E-state index contributed by atoms with van der Waals surface area (Å²) in [6.07, 6.45) is 1.34. The van der Waals surface area contributed by atoms with Crippen LogP contribution in [0.4, 0.5) is 11.4 Å². The van der Waals surface area contributed by atoms with E-state index in [0.717, 1.165) is 6.42 Å². The van der Waals surface area contributed by atoms with Gasteiger partial charge in [-0.1, -0.05) is 11.6 Å². The highest BCUT2D eigenvalue weighted by atomic mass is 35.5. The average Bonchev–Trinajstić information content (AvgIpc) is 3.02. The number of aromatic hydroxyl groups is 1. The van der Waals surface area contributed by atoms with Gasteiger partial charge in [-0.05, 0) is 36.8 Å². The Kier molecular flexibility index (Phi) is 4.81. The van der Waals surface area contributed by atoms with Crippen molar-refractivity contribution in [2.24, 2.45) is 0 Å². The Morgan fingerprint density at radius 2 is 2.08 bits per heavy atom. The molecule has 1 aliphatic rings. The van der Waals surface area contributed by atoms with Gasteiger partial charge in [0.05, 0.1) is 18.4 Å². The van der Waals surface area contributed by atoms with Crippen molar-refractivity contribution in [2.45, 2.75) is 12.8 Å². The first-order valence-corrected chi connectivity index (χ1v) is 8.15. The van der Waals surface area contributed by atoms with Crippen molar-refractivity contribution in [1.29, 1.82) is 0 Å². The molecule has 7 heteroatoms. The van der Waals surface area contributed by atoms with Crippen LogP contribution in [0.5, 0.6) is 11.5 Å². The zero-order chi connectivity index (χ0) is 18.0. The van der Waals surface area contributed by atoms with Crippen LogP contribution in [-0.2, 0) is 4.79 Å². The first kappa shape index (κ1) is 17.1. The summed E-state index contributed by atoms with van der Waals surface area (Å²) in [6, 6.07) is 9.30. The number of hydrogen-bond donors (Lipinski definition) is 2. The predicted octanol–water partition coefficient (Wildman–Crippen LogP) is 3.43. The maximum absolute atomic E-state index is 12.3. The molecule has 1 heterocycles. The maximum atomic E-state index is 12.3. The van der Waals surface area contributed by atoms with E-state index in [4.69, 9.17) is 16.3 Å². The topological polar surface area (TPSA) is 78.9 Å². The minimum absolute atomic E-state index is 0.0546. The third-order valence-electron chi connectivity index (χ3n) is 4.01. The smallest absolute Gasteiger partial charge is 0.259 e. The Morgan fingerprint density at radius 1 is 1.28 bits per heavy atom. The van der Waals surface area contributed by atoms with E-state index in [1.807, 2.05) is 0 Å². The zero-order valence-corrected chi connectivity index (χ0v) is 14.3. The Bertz CT molecular complexity index is 838.